The topological polar surface area (TPSA) is 54.3 Å². The van der Waals surface area contributed by atoms with Crippen molar-refractivity contribution in [2.24, 2.45) is 0 Å². The molecule has 2 amide bonds. The van der Waals surface area contributed by atoms with Crippen molar-refractivity contribution in [3.8, 4) is 0 Å². The Bertz CT molecular complexity index is 1120. The normalized spacial score (nSPS) is 22.0. The third kappa shape index (κ3) is 3.37. The van der Waals surface area contributed by atoms with Gasteiger partial charge in [0.1, 0.15) is 16.1 Å². The van der Waals surface area contributed by atoms with E-state index in [2.05, 4.69) is 12.2 Å². The summed E-state index contributed by atoms with van der Waals surface area (Å²) < 4.78 is 2.04. The summed E-state index contributed by atoms with van der Waals surface area (Å²) in [6, 6.07) is 12.2. The summed E-state index contributed by atoms with van der Waals surface area (Å²) >= 11 is 1.62. The highest BCUT2D eigenvalue weighted by Crippen LogP contribution is 2.37. The Morgan fingerprint density at radius 1 is 1.16 bits per heavy atom. The molecule has 1 aliphatic carbocycles. The standard InChI is InChI=1S/C25H29N3O2S/c1-3-17-9-11-20(12-10-17)28-22(29)21-15-18-13-14-31-23(18)27(21)16-25(28,2)24(30)26-19-7-5-4-6-8-19/h9-15,19H,3-8,16H2,1-2H3,(H,26,30). The van der Waals surface area contributed by atoms with Gasteiger partial charge in [-0.3, -0.25) is 14.5 Å². The molecule has 3 heterocycles. The first-order valence-electron chi connectivity index (χ1n) is 11.3. The zero-order valence-corrected chi connectivity index (χ0v) is 19.0. The number of fused-ring (bicyclic) bond motifs is 3. The molecule has 0 radical (unpaired) electrons. The fourth-order valence-electron chi connectivity index (χ4n) is 5.07. The molecule has 5 nitrogen and oxygen atoms in total. The molecule has 5 rings (SSSR count). The van der Waals surface area contributed by atoms with Gasteiger partial charge in [0.25, 0.3) is 5.91 Å². The van der Waals surface area contributed by atoms with Crippen molar-refractivity contribution < 1.29 is 9.59 Å². The number of carbonyl (C=O) groups excluding carboxylic acids is 2. The van der Waals surface area contributed by atoms with Gasteiger partial charge in [-0.2, -0.15) is 0 Å². The summed E-state index contributed by atoms with van der Waals surface area (Å²) in [4.78, 5) is 30.3. The van der Waals surface area contributed by atoms with Crippen molar-refractivity contribution in [1.29, 1.82) is 0 Å². The lowest BCUT2D eigenvalue weighted by molar-refractivity contribution is -0.127. The zero-order valence-electron chi connectivity index (χ0n) is 18.2. The smallest absolute Gasteiger partial charge is 0.275 e. The summed E-state index contributed by atoms with van der Waals surface area (Å²) in [5.74, 6) is -0.170. The van der Waals surface area contributed by atoms with Crippen LogP contribution in [0.2, 0.25) is 0 Å². The lowest BCUT2D eigenvalue weighted by Gasteiger charge is -2.44. The average molecular weight is 436 g/mol. The van der Waals surface area contributed by atoms with Crippen molar-refractivity contribution in [1.82, 2.24) is 9.88 Å². The van der Waals surface area contributed by atoms with E-state index in [0.29, 0.717) is 12.2 Å². The molecule has 31 heavy (non-hydrogen) atoms. The Labute approximate surface area is 187 Å². The summed E-state index contributed by atoms with van der Waals surface area (Å²) in [5, 5.41) is 6.40. The molecule has 162 valence electrons. The highest BCUT2D eigenvalue weighted by Gasteiger charge is 2.49. The molecule has 1 N–H and O–H groups in total. The summed E-state index contributed by atoms with van der Waals surface area (Å²) in [5.41, 5.74) is 1.65. The first-order valence-corrected chi connectivity index (χ1v) is 12.2. The van der Waals surface area contributed by atoms with Gasteiger partial charge in [0.05, 0.1) is 6.54 Å². The van der Waals surface area contributed by atoms with Gasteiger partial charge in [0.15, 0.2) is 0 Å². The monoisotopic (exact) mass is 435 g/mol. The van der Waals surface area contributed by atoms with Crippen LogP contribution in [0.3, 0.4) is 0 Å². The molecule has 1 atom stereocenters. The number of thiophene rings is 1. The number of nitrogens with one attached hydrogen (secondary N) is 1. The molecule has 1 aromatic carbocycles. The second-order valence-corrected chi connectivity index (χ2v) is 9.93. The molecular formula is C25H29N3O2S. The van der Waals surface area contributed by atoms with Crippen LogP contribution in [0.25, 0.3) is 10.2 Å². The van der Waals surface area contributed by atoms with Gasteiger partial charge in [-0.25, -0.2) is 0 Å². The first-order chi connectivity index (χ1) is 15.0. The Kier molecular flexibility index (Phi) is 5.13. The maximum Gasteiger partial charge on any atom is 0.275 e. The van der Waals surface area contributed by atoms with E-state index < -0.39 is 5.54 Å². The molecule has 2 aromatic heterocycles. The van der Waals surface area contributed by atoms with Crippen LogP contribution in [0.15, 0.2) is 41.8 Å². The minimum atomic E-state index is -0.995. The molecule has 1 fully saturated rings. The molecule has 1 unspecified atom stereocenters. The van der Waals surface area contributed by atoms with Crippen molar-refractivity contribution >= 4 is 39.1 Å². The maximum absolute atomic E-state index is 13.8. The largest absolute Gasteiger partial charge is 0.351 e. The van der Waals surface area contributed by atoms with Gasteiger partial charge in [0.2, 0.25) is 5.91 Å². The van der Waals surface area contributed by atoms with Crippen LogP contribution >= 0.6 is 11.3 Å². The molecular weight excluding hydrogens is 406 g/mol. The number of hydrogen-bond acceptors (Lipinski definition) is 3. The van der Waals surface area contributed by atoms with Crippen LogP contribution < -0.4 is 10.2 Å². The van der Waals surface area contributed by atoms with E-state index in [-0.39, 0.29) is 17.9 Å². The Morgan fingerprint density at radius 3 is 2.61 bits per heavy atom. The van der Waals surface area contributed by atoms with E-state index in [1.54, 1.807) is 16.2 Å². The molecule has 0 saturated heterocycles. The SMILES string of the molecule is CCc1ccc(N2C(=O)c3cc4ccsc4n3CC2(C)C(=O)NC2CCCCC2)cc1. The molecule has 6 heteroatoms. The highest BCUT2D eigenvalue weighted by atomic mass is 32.1. The number of aryl methyl sites for hydroxylation is 1. The zero-order chi connectivity index (χ0) is 21.6. The van der Waals surface area contributed by atoms with Crippen molar-refractivity contribution in [2.75, 3.05) is 4.90 Å². The van der Waals surface area contributed by atoms with E-state index in [4.69, 9.17) is 0 Å². The fraction of sp³-hybridized carbons (Fsp3) is 0.440. The Hall–Kier alpha value is -2.60. The molecule has 1 saturated carbocycles. The number of nitrogens with zero attached hydrogens (tertiary/aromatic N) is 2. The number of carbonyl (C=O) groups is 2. The number of rotatable bonds is 4. The lowest BCUT2D eigenvalue weighted by Crippen LogP contribution is -2.65. The minimum absolute atomic E-state index is 0.0589. The van der Waals surface area contributed by atoms with Crippen LogP contribution in [0.5, 0.6) is 0 Å². The van der Waals surface area contributed by atoms with Crippen LogP contribution in [-0.2, 0) is 17.8 Å². The Balaban J connectivity index is 1.58. The summed E-state index contributed by atoms with van der Waals surface area (Å²) in [6.07, 6.45) is 6.52. The average Bonchev–Trinajstić information content (AvgIpc) is 3.37. The molecule has 2 aliphatic rings. The molecule has 1 aliphatic heterocycles. The third-order valence-electron chi connectivity index (χ3n) is 6.92. The van der Waals surface area contributed by atoms with E-state index in [1.807, 2.05) is 53.3 Å². The van der Waals surface area contributed by atoms with Gasteiger partial charge < -0.3 is 9.88 Å². The van der Waals surface area contributed by atoms with E-state index >= 15 is 0 Å². The predicted octanol–water partition coefficient (Wildman–Crippen LogP) is 5.13. The van der Waals surface area contributed by atoms with Crippen molar-refractivity contribution in [3.63, 3.8) is 0 Å². The minimum Gasteiger partial charge on any atom is -0.351 e. The second kappa shape index (κ2) is 7.83. The van der Waals surface area contributed by atoms with Gasteiger partial charge >= 0.3 is 0 Å². The van der Waals surface area contributed by atoms with Gasteiger partial charge in [0, 0.05) is 17.1 Å². The quantitative estimate of drug-likeness (QED) is 0.617. The summed E-state index contributed by atoms with van der Waals surface area (Å²) in [6.45, 7) is 4.48. The van der Waals surface area contributed by atoms with Crippen LogP contribution in [0.4, 0.5) is 5.69 Å². The second-order valence-electron chi connectivity index (χ2n) is 9.04. The molecule has 0 spiro atoms. The molecule has 3 aromatic rings. The summed E-state index contributed by atoms with van der Waals surface area (Å²) in [7, 11) is 0. The number of aromatic nitrogens is 1. The number of hydrogen-bond donors (Lipinski definition) is 1. The predicted molar refractivity (Wildman–Crippen MR) is 126 cm³/mol. The number of benzene rings is 1. The van der Waals surface area contributed by atoms with Crippen molar-refractivity contribution in [3.05, 3.63) is 53.0 Å². The Morgan fingerprint density at radius 2 is 1.90 bits per heavy atom. The van der Waals surface area contributed by atoms with E-state index in [0.717, 1.165) is 48.0 Å². The van der Waals surface area contributed by atoms with Gasteiger partial charge in [-0.05, 0) is 61.4 Å². The van der Waals surface area contributed by atoms with Gasteiger partial charge in [-0.15, -0.1) is 11.3 Å². The maximum atomic E-state index is 13.8. The van der Waals surface area contributed by atoms with E-state index in [9.17, 15) is 9.59 Å². The third-order valence-corrected chi connectivity index (χ3v) is 7.87. The van der Waals surface area contributed by atoms with Crippen LogP contribution in [0, 0.1) is 0 Å². The number of anilines is 1. The molecule has 0 bridgehead atoms. The highest BCUT2D eigenvalue weighted by molar-refractivity contribution is 7.16. The lowest BCUT2D eigenvalue weighted by atomic mass is 9.91. The van der Waals surface area contributed by atoms with Crippen LogP contribution in [-0.4, -0.2) is 28.0 Å². The fourth-order valence-corrected chi connectivity index (χ4v) is 5.97. The van der Waals surface area contributed by atoms with Crippen molar-refractivity contribution in [2.45, 2.75) is 70.5 Å². The van der Waals surface area contributed by atoms with Gasteiger partial charge in [-0.1, -0.05) is 38.3 Å². The van der Waals surface area contributed by atoms with E-state index in [1.165, 1.54) is 12.0 Å². The first kappa shape index (κ1) is 20.3. The number of amides is 2. The van der Waals surface area contributed by atoms with Crippen LogP contribution in [0.1, 0.15) is 62.0 Å².